The number of halogens is 1. The Kier molecular flexibility index (Phi) is 2.60. The van der Waals surface area contributed by atoms with Crippen molar-refractivity contribution in [1.29, 1.82) is 0 Å². The third-order valence-electron chi connectivity index (χ3n) is 3.80. The summed E-state index contributed by atoms with van der Waals surface area (Å²) in [5, 5.41) is 0.730. The topological polar surface area (TPSA) is 35.2 Å². The average Bonchev–Trinajstić information content (AvgIpc) is 3.03. The SMILES string of the molecule is CC1(CC2CC2)C[C@@H](N)c2cc(Cl)ccc2O1. The molecule has 0 amide bonds. The van der Waals surface area contributed by atoms with Crippen LogP contribution in [0.5, 0.6) is 5.75 Å². The quantitative estimate of drug-likeness (QED) is 0.870. The molecule has 1 saturated carbocycles. The summed E-state index contributed by atoms with van der Waals surface area (Å²) in [4.78, 5) is 0. The lowest BCUT2D eigenvalue weighted by molar-refractivity contribution is 0.0402. The van der Waals surface area contributed by atoms with Gasteiger partial charge < -0.3 is 10.5 Å². The molecule has 0 saturated heterocycles. The Morgan fingerprint density at radius 2 is 2.24 bits per heavy atom. The number of nitrogens with two attached hydrogens (primary N) is 1. The number of benzene rings is 1. The summed E-state index contributed by atoms with van der Waals surface area (Å²) in [6.45, 7) is 2.18. The summed E-state index contributed by atoms with van der Waals surface area (Å²) in [5.41, 5.74) is 7.20. The standard InChI is InChI=1S/C14H18ClNO/c1-14(7-9-2-3-9)8-12(16)11-6-10(15)4-5-13(11)17-14/h4-6,9,12H,2-3,7-8,16H2,1H3/t12-,14?/m1/s1. The second-order valence-corrected chi connectivity index (χ2v) is 6.13. The summed E-state index contributed by atoms with van der Waals surface area (Å²) in [5.74, 6) is 1.76. The van der Waals surface area contributed by atoms with E-state index in [1.54, 1.807) is 0 Å². The van der Waals surface area contributed by atoms with Crippen LogP contribution in [0.2, 0.25) is 5.02 Å². The molecule has 1 heterocycles. The second kappa shape index (κ2) is 3.89. The van der Waals surface area contributed by atoms with Crippen LogP contribution in [0.1, 0.15) is 44.2 Å². The van der Waals surface area contributed by atoms with Gasteiger partial charge in [0, 0.05) is 23.0 Å². The van der Waals surface area contributed by atoms with Gasteiger partial charge in [0.15, 0.2) is 0 Å². The zero-order valence-corrected chi connectivity index (χ0v) is 10.8. The lowest BCUT2D eigenvalue weighted by atomic mass is 9.85. The van der Waals surface area contributed by atoms with Gasteiger partial charge in [0.25, 0.3) is 0 Å². The highest BCUT2D eigenvalue weighted by atomic mass is 35.5. The highest BCUT2D eigenvalue weighted by molar-refractivity contribution is 6.30. The minimum absolute atomic E-state index is 0.0428. The van der Waals surface area contributed by atoms with E-state index in [0.29, 0.717) is 0 Å². The van der Waals surface area contributed by atoms with Crippen molar-refractivity contribution >= 4 is 11.6 Å². The molecule has 0 bridgehead atoms. The monoisotopic (exact) mass is 251 g/mol. The largest absolute Gasteiger partial charge is 0.487 e. The van der Waals surface area contributed by atoms with Gasteiger partial charge >= 0.3 is 0 Å². The molecular formula is C14H18ClNO. The Morgan fingerprint density at radius 1 is 1.47 bits per heavy atom. The van der Waals surface area contributed by atoms with Crippen LogP contribution in [0.15, 0.2) is 18.2 Å². The predicted octanol–water partition coefficient (Wildman–Crippen LogP) is 3.68. The van der Waals surface area contributed by atoms with E-state index in [0.717, 1.165) is 35.1 Å². The molecule has 0 radical (unpaired) electrons. The number of ether oxygens (including phenoxy) is 1. The second-order valence-electron chi connectivity index (χ2n) is 5.69. The van der Waals surface area contributed by atoms with Gasteiger partial charge in [-0.05, 0) is 37.5 Å². The van der Waals surface area contributed by atoms with Gasteiger partial charge in [-0.1, -0.05) is 24.4 Å². The van der Waals surface area contributed by atoms with E-state index >= 15 is 0 Å². The van der Waals surface area contributed by atoms with Crippen LogP contribution in [-0.2, 0) is 0 Å². The fraction of sp³-hybridized carbons (Fsp3) is 0.571. The van der Waals surface area contributed by atoms with Crippen molar-refractivity contribution in [2.24, 2.45) is 11.7 Å². The molecule has 1 fully saturated rings. The predicted molar refractivity (Wildman–Crippen MR) is 69.4 cm³/mol. The smallest absolute Gasteiger partial charge is 0.125 e. The van der Waals surface area contributed by atoms with E-state index in [1.165, 1.54) is 12.8 Å². The Hall–Kier alpha value is -0.730. The lowest BCUT2D eigenvalue weighted by Crippen LogP contribution is -2.40. The zero-order chi connectivity index (χ0) is 12.0. The lowest BCUT2D eigenvalue weighted by Gasteiger charge is -2.39. The van der Waals surface area contributed by atoms with E-state index in [9.17, 15) is 0 Å². The molecule has 3 rings (SSSR count). The molecule has 1 aliphatic heterocycles. The molecule has 1 unspecified atom stereocenters. The molecule has 1 aliphatic carbocycles. The zero-order valence-electron chi connectivity index (χ0n) is 10.1. The van der Waals surface area contributed by atoms with Crippen molar-refractivity contribution < 1.29 is 4.74 Å². The molecule has 0 aromatic heterocycles. The van der Waals surface area contributed by atoms with Crippen molar-refractivity contribution in [1.82, 2.24) is 0 Å². The van der Waals surface area contributed by atoms with Crippen molar-refractivity contribution in [2.75, 3.05) is 0 Å². The van der Waals surface area contributed by atoms with Crippen LogP contribution in [0, 0.1) is 5.92 Å². The summed E-state index contributed by atoms with van der Waals surface area (Å²) >= 11 is 6.00. The molecule has 17 heavy (non-hydrogen) atoms. The van der Waals surface area contributed by atoms with Crippen LogP contribution in [0.4, 0.5) is 0 Å². The fourth-order valence-corrected chi connectivity index (χ4v) is 3.02. The van der Waals surface area contributed by atoms with Crippen molar-refractivity contribution in [3.8, 4) is 5.75 Å². The normalized spacial score (nSPS) is 31.8. The summed E-state index contributed by atoms with van der Waals surface area (Å²) in [7, 11) is 0. The highest BCUT2D eigenvalue weighted by Crippen LogP contribution is 2.46. The highest BCUT2D eigenvalue weighted by Gasteiger charge is 2.40. The molecule has 2 nitrogen and oxygen atoms in total. The van der Waals surface area contributed by atoms with Crippen molar-refractivity contribution in [3.05, 3.63) is 28.8 Å². The molecule has 92 valence electrons. The molecule has 2 N–H and O–H groups in total. The van der Waals surface area contributed by atoms with Gasteiger partial charge in [-0.2, -0.15) is 0 Å². The van der Waals surface area contributed by atoms with Gasteiger partial charge in [-0.3, -0.25) is 0 Å². The first-order valence-electron chi connectivity index (χ1n) is 6.30. The molecule has 1 aromatic carbocycles. The van der Waals surface area contributed by atoms with Gasteiger partial charge in [-0.25, -0.2) is 0 Å². The van der Waals surface area contributed by atoms with Gasteiger partial charge in [-0.15, -0.1) is 0 Å². The van der Waals surface area contributed by atoms with Gasteiger partial charge in [0.1, 0.15) is 11.4 Å². The maximum absolute atomic E-state index is 6.25. The Morgan fingerprint density at radius 3 is 2.94 bits per heavy atom. The van der Waals surface area contributed by atoms with Crippen molar-refractivity contribution in [2.45, 2.75) is 44.2 Å². The molecule has 2 atom stereocenters. The van der Waals surface area contributed by atoms with E-state index in [-0.39, 0.29) is 11.6 Å². The Bertz CT molecular complexity index is 444. The van der Waals surface area contributed by atoms with Gasteiger partial charge in [0.2, 0.25) is 0 Å². The average molecular weight is 252 g/mol. The maximum atomic E-state index is 6.25. The van der Waals surface area contributed by atoms with Crippen LogP contribution in [0.25, 0.3) is 0 Å². The van der Waals surface area contributed by atoms with Crippen LogP contribution < -0.4 is 10.5 Å². The van der Waals surface area contributed by atoms with E-state index in [2.05, 4.69) is 6.92 Å². The minimum atomic E-state index is -0.0958. The molecule has 3 heteroatoms. The first-order valence-corrected chi connectivity index (χ1v) is 6.68. The first kappa shape index (κ1) is 11.4. The number of rotatable bonds is 2. The van der Waals surface area contributed by atoms with Gasteiger partial charge in [0.05, 0.1) is 0 Å². The van der Waals surface area contributed by atoms with E-state index in [4.69, 9.17) is 22.1 Å². The minimum Gasteiger partial charge on any atom is -0.487 e. The third-order valence-corrected chi connectivity index (χ3v) is 4.03. The maximum Gasteiger partial charge on any atom is 0.125 e. The number of hydrogen-bond acceptors (Lipinski definition) is 2. The Labute approximate surface area is 107 Å². The van der Waals surface area contributed by atoms with E-state index in [1.807, 2.05) is 18.2 Å². The van der Waals surface area contributed by atoms with Crippen LogP contribution in [0.3, 0.4) is 0 Å². The van der Waals surface area contributed by atoms with Crippen molar-refractivity contribution in [3.63, 3.8) is 0 Å². The van der Waals surface area contributed by atoms with E-state index < -0.39 is 0 Å². The summed E-state index contributed by atoms with van der Waals surface area (Å²) < 4.78 is 6.16. The molecular weight excluding hydrogens is 234 g/mol. The van der Waals surface area contributed by atoms with Crippen LogP contribution in [-0.4, -0.2) is 5.60 Å². The fourth-order valence-electron chi connectivity index (χ4n) is 2.84. The summed E-state index contributed by atoms with van der Waals surface area (Å²) in [6.07, 6.45) is 4.71. The number of hydrogen-bond donors (Lipinski definition) is 1. The first-order chi connectivity index (χ1) is 8.06. The van der Waals surface area contributed by atoms with Crippen LogP contribution >= 0.6 is 11.6 Å². The Balaban J connectivity index is 1.88. The number of fused-ring (bicyclic) bond motifs is 1. The third kappa shape index (κ3) is 2.29. The molecule has 0 spiro atoms. The molecule has 1 aromatic rings. The molecule has 2 aliphatic rings. The summed E-state index contributed by atoms with van der Waals surface area (Å²) in [6, 6.07) is 5.79.